The average Bonchev–Trinajstić information content (AvgIpc) is 2.94. The lowest BCUT2D eigenvalue weighted by Crippen LogP contribution is -2.18. The lowest BCUT2D eigenvalue weighted by Gasteiger charge is -2.07. The molecule has 1 amide bonds. The van der Waals surface area contributed by atoms with Gasteiger partial charge in [0.1, 0.15) is 6.61 Å². The molecule has 3 rings (SSSR count). The van der Waals surface area contributed by atoms with Crippen molar-refractivity contribution >= 4 is 17.2 Å². The Morgan fingerprint density at radius 3 is 2.96 bits per heavy atom. The summed E-state index contributed by atoms with van der Waals surface area (Å²) >= 11 is 0. The highest BCUT2D eigenvalue weighted by molar-refractivity contribution is 5.92. The Hall–Kier alpha value is -2.80. The van der Waals surface area contributed by atoms with Gasteiger partial charge in [0, 0.05) is 17.9 Å². The van der Waals surface area contributed by atoms with Crippen LogP contribution in [0.2, 0.25) is 0 Å². The summed E-state index contributed by atoms with van der Waals surface area (Å²) in [6.45, 7) is 4.25. The molecule has 0 bridgehead atoms. The molecule has 7 nitrogen and oxygen atoms in total. The number of aromatic nitrogens is 4. The van der Waals surface area contributed by atoms with Crippen LogP contribution in [-0.4, -0.2) is 38.9 Å². The van der Waals surface area contributed by atoms with Gasteiger partial charge in [-0.3, -0.25) is 4.79 Å². The Morgan fingerprint density at radius 2 is 2.13 bits per heavy atom. The van der Waals surface area contributed by atoms with E-state index < -0.39 is 0 Å². The molecule has 2 heterocycles. The first kappa shape index (κ1) is 15.1. The molecule has 0 aliphatic carbocycles. The van der Waals surface area contributed by atoms with Crippen molar-refractivity contribution in [1.82, 2.24) is 19.8 Å². The number of nitrogens with zero attached hydrogens (tertiary/aromatic N) is 4. The summed E-state index contributed by atoms with van der Waals surface area (Å²) in [4.78, 5) is 11.7. The van der Waals surface area contributed by atoms with E-state index in [-0.39, 0.29) is 12.5 Å². The molecule has 0 saturated heterocycles. The first-order valence-electron chi connectivity index (χ1n) is 7.34. The molecule has 7 heteroatoms. The Kier molecular flexibility index (Phi) is 4.29. The fourth-order valence-electron chi connectivity index (χ4n) is 2.20. The maximum absolute atomic E-state index is 11.7. The number of anilines is 1. The summed E-state index contributed by atoms with van der Waals surface area (Å²) in [5.74, 6) is 0.546. The first-order chi connectivity index (χ1) is 11.2. The summed E-state index contributed by atoms with van der Waals surface area (Å²) in [5, 5.41) is 15.3. The van der Waals surface area contributed by atoms with Crippen LogP contribution in [0, 0.1) is 6.92 Å². The van der Waals surface area contributed by atoms with Crippen LogP contribution in [0.5, 0.6) is 0 Å². The SMILES string of the molecule is CCOCC(=O)Nc1cccc(-c2ccc3nnc(C)n3n2)c1. The molecule has 2 aromatic heterocycles. The zero-order valence-corrected chi connectivity index (χ0v) is 13.0. The van der Waals surface area contributed by atoms with Crippen LogP contribution in [0.15, 0.2) is 36.4 Å². The van der Waals surface area contributed by atoms with Crippen molar-refractivity contribution in [2.75, 3.05) is 18.5 Å². The number of hydrogen-bond acceptors (Lipinski definition) is 5. The molecule has 23 heavy (non-hydrogen) atoms. The Bertz CT molecular complexity index is 843. The molecule has 1 N–H and O–H groups in total. The van der Waals surface area contributed by atoms with E-state index >= 15 is 0 Å². The monoisotopic (exact) mass is 311 g/mol. The van der Waals surface area contributed by atoms with Gasteiger partial charge in [-0.05, 0) is 38.1 Å². The minimum Gasteiger partial charge on any atom is -0.372 e. The van der Waals surface area contributed by atoms with Gasteiger partial charge in [-0.15, -0.1) is 10.2 Å². The van der Waals surface area contributed by atoms with Crippen LogP contribution >= 0.6 is 0 Å². The van der Waals surface area contributed by atoms with Gasteiger partial charge in [-0.25, -0.2) is 0 Å². The summed E-state index contributed by atoms with van der Waals surface area (Å²) in [5.41, 5.74) is 3.08. The second kappa shape index (κ2) is 6.53. The standard InChI is InChI=1S/C16H17N5O2/c1-3-23-10-16(22)17-13-6-4-5-12(9-13)14-7-8-15-19-18-11(2)21(15)20-14/h4-9H,3,10H2,1-2H3,(H,17,22). The van der Waals surface area contributed by atoms with E-state index in [0.29, 0.717) is 17.9 Å². The number of hydrogen-bond donors (Lipinski definition) is 1. The van der Waals surface area contributed by atoms with Crippen LogP contribution in [0.4, 0.5) is 5.69 Å². The van der Waals surface area contributed by atoms with Crippen LogP contribution in [-0.2, 0) is 9.53 Å². The smallest absolute Gasteiger partial charge is 0.250 e. The van der Waals surface area contributed by atoms with E-state index in [1.807, 2.05) is 50.2 Å². The Labute approximate surface area is 133 Å². The summed E-state index contributed by atoms with van der Waals surface area (Å²) in [6, 6.07) is 11.3. The van der Waals surface area contributed by atoms with Gasteiger partial charge in [0.05, 0.1) is 5.69 Å². The lowest BCUT2D eigenvalue weighted by atomic mass is 10.1. The maximum atomic E-state index is 11.7. The molecule has 0 radical (unpaired) electrons. The van der Waals surface area contributed by atoms with Crippen molar-refractivity contribution < 1.29 is 9.53 Å². The largest absolute Gasteiger partial charge is 0.372 e. The molecule has 0 spiro atoms. The lowest BCUT2D eigenvalue weighted by molar-refractivity contribution is -0.120. The van der Waals surface area contributed by atoms with E-state index in [4.69, 9.17) is 4.74 Å². The van der Waals surface area contributed by atoms with Crippen molar-refractivity contribution in [2.24, 2.45) is 0 Å². The number of nitrogens with one attached hydrogen (secondary N) is 1. The van der Waals surface area contributed by atoms with Crippen LogP contribution in [0.3, 0.4) is 0 Å². The zero-order chi connectivity index (χ0) is 16.2. The summed E-state index contributed by atoms with van der Waals surface area (Å²) < 4.78 is 6.78. The highest BCUT2D eigenvalue weighted by Crippen LogP contribution is 2.21. The normalized spacial score (nSPS) is 10.9. The third kappa shape index (κ3) is 3.35. The number of fused-ring (bicyclic) bond motifs is 1. The van der Waals surface area contributed by atoms with E-state index in [1.54, 1.807) is 4.52 Å². The molecule has 118 valence electrons. The Balaban J connectivity index is 1.85. The van der Waals surface area contributed by atoms with Crippen molar-refractivity contribution in [2.45, 2.75) is 13.8 Å². The van der Waals surface area contributed by atoms with Gasteiger partial charge in [0.2, 0.25) is 5.91 Å². The van der Waals surface area contributed by atoms with Crippen molar-refractivity contribution in [3.63, 3.8) is 0 Å². The predicted octanol–water partition coefficient (Wildman–Crippen LogP) is 2.07. The molecular weight excluding hydrogens is 294 g/mol. The molecule has 0 aliphatic rings. The highest BCUT2D eigenvalue weighted by atomic mass is 16.5. The second-order valence-corrected chi connectivity index (χ2v) is 5.00. The highest BCUT2D eigenvalue weighted by Gasteiger charge is 2.07. The van der Waals surface area contributed by atoms with Crippen LogP contribution in [0.1, 0.15) is 12.7 Å². The van der Waals surface area contributed by atoms with E-state index in [2.05, 4.69) is 20.6 Å². The molecule has 0 unspecified atom stereocenters. The molecule has 0 fully saturated rings. The van der Waals surface area contributed by atoms with Crippen molar-refractivity contribution in [3.05, 3.63) is 42.2 Å². The van der Waals surface area contributed by atoms with Gasteiger partial charge in [0.15, 0.2) is 11.5 Å². The van der Waals surface area contributed by atoms with E-state index in [0.717, 1.165) is 17.1 Å². The number of aryl methyl sites for hydroxylation is 1. The van der Waals surface area contributed by atoms with Gasteiger partial charge in [-0.1, -0.05) is 12.1 Å². The zero-order valence-electron chi connectivity index (χ0n) is 13.0. The summed E-state index contributed by atoms with van der Waals surface area (Å²) in [6.07, 6.45) is 0. The molecule has 1 aromatic carbocycles. The van der Waals surface area contributed by atoms with Gasteiger partial charge in [-0.2, -0.15) is 9.61 Å². The minimum atomic E-state index is -0.179. The molecule has 0 atom stereocenters. The number of carbonyl (C=O) groups excluding carboxylic acids is 1. The van der Waals surface area contributed by atoms with Crippen molar-refractivity contribution in [3.8, 4) is 11.3 Å². The van der Waals surface area contributed by atoms with Gasteiger partial charge >= 0.3 is 0 Å². The number of amides is 1. The topological polar surface area (TPSA) is 81.4 Å². The number of benzene rings is 1. The second-order valence-electron chi connectivity index (χ2n) is 5.00. The Morgan fingerprint density at radius 1 is 1.26 bits per heavy atom. The quantitative estimate of drug-likeness (QED) is 0.780. The molecule has 3 aromatic rings. The summed E-state index contributed by atoms with van der Waals surface area (Å²) in [7, 11) is 0. The van der Waals surface area contributed by atoms with Gasteiger partial charge in [0.25, 0.3) is 0 Å². The fraction of sp³-hybridized carbons (Fsp3) is 0.250. The maximum Gasteiger partial charge on any atom is 0.250 e. The van der Waals surface area contributed by atoms with E-state index in [9.17, 15) is 4.79 Å². The first-order valence-corrected chi connectivity index (χ1v) is 7.34. The number of ether oxygens (including phenoxy) is 1. The molecule has 0 aliphatic heterocycles. The predicted molar refractivity (Wildman–Crippen MR) is 86.1 cm³/mol. The number of rotatable bonds is 5. The third-order valence-corrected chi connectivity index (χ3v) is 3.30. The van der Waals surface area contributed by atoms with Crippen molar-refractivity contribution in [1.29, 1.82) is 0 Å². The molecular formula is C16H17N5O2. The molecule has 0 saturated carbocycles. The van der Waals surface area contributed by atoms with E-state index in [1.165, 1.54) is 0 Å². The van der Waals surface area contributed by atoms with Crippen LogP contribution in [0.25, 0.3) is 16.9 Å². The third-order valence-electron chi connectivity index (χ3n) is 3.30. The fourth-order valence-corrected chi connectivity index (χ4v) is 2.20. The van der Waals surface area contributed by atoms with Gasteiger partial charge < -0.3 is 10.1 Å². The number of carbonyl (C=O) groups is 1. The van der Waals surface area contributed by atoms with Crippen LogP contribution < -0.4 is 5.32 Å². The average molecular weight is 311 g/mol. The minimum absolute atomic E-state index is 0.0465.